The Morgan fingerprint density at radius 3 is 2.15 bits per heavy atom. The van der Waals surface area contributed by atoms with Crippen LogP contribution in [0.1, 0.15) is 17.0 Å². The molecular formula is C16H15FO3. The molecule has 0 aliphatic rings. The maximum atomic E-state index is 13.9. The van der Waals surface area contributed by atoms with E-state index >= 15 is 0 Å². The minimum atomic E-state index is -0.694. The van der Waals surface area contributed by atoms with Gasteiger partial charge in [0.25, 0.3) is 0 Å². The Labute approximate surface area is 117 Å². The average Bonchev–Trinajstić information content (AvgIpc) is 2.49. The fraction of sp³-hybridized carbons (Fsp3) is 0.188. The van der Waals surface area contributed by atoms with Gasteiger partial charge in [0.2, 0.25) is 0 Å². The van der Waals surface area contributed by atoms with Crippen LogP contribution in [0.2, 0.25) is 0 Å². The summed E-state index contributed by atoms with van der Waals surface area (Å²) in [7, 11) is 3.05. The van der Waals surface area contributed by atoms with Crippen molar-refractivity contribution in [3.63, 3.8) is 0 Å². The second-order valence-electron chi connectivity index (χ2n) is 4.28. The summed E-state index contributed by atoms with van der Waals surface area (Å²) in [6.07, 6.45) is 0.715. The highest BCUT2D eigenvalue weighted by molar-refractivity contribution is 5.69. The predicted octanol–water partition coefficient (Wildman–Crippen LogP) is 3.17. The van der Waals surface area contributed by atoms with Crippen molar-refractivity contribution in [3.05, 3.63) is 59.4 Å². The minimum absolute atomic E-state index is 0.331. The number of benzene rings is 2. The van der Waals surface area contributed by atoms with Gasteiger partial charge in [-0.2, -0.15) is 0 Å². The standard InChI is InChI=1S/C16H15FO3/c1-19-12-7-11(8-13(9-12)20-2)15(10-18)14-5-3-4-6-16(14)17/h3-10,15H,1-2H3. The fourth-order valence-corrected chi connectivity index (χ4v) is 2.07. The van der Waals surface area contributed by atoms with E-state index in [9.17, 15) is 9.18 Å². The van der Waals surface area contributed by atoms with Crippen LogP contribution in [0.15, 0.2) is 42.5 Å². The molecule has 0 saturated heterocycles. The zero-order valence-corrected chi connectivity index (χ0v) is 11.3. The highest BCUT2D eigenvalue weighted by Crippen LogP contribution is 2.31. The normalized spacial score (nSPS) is 11.8. The molecule has 0 aliphatic heterocycles. The summed E-state index contributed by atoms with van der Waals surface area (Å²) in [5, 5.41) is 0. The number of hydrogen-bond donors (Lipinski definition) is 0. The van der Waals surface area contributed by atoms with Gasteiger partial charge in [0.15, 0.2) is 0 Å². The number of carbonyl (C=O) groups is 1. The largest absolute Gasteiger partial charge is 0.497 e. The van der Waals surface area contributed by atoms with Crippen LogP contribution in [0.3, 0.4) is 0 Å². The summed E-state index contributed by atoms with van der Waals surface area (Å²) in [5.74, 6) is 0.0108. The van der Waals surface area contributed by atoms with Gasteiger partial charge in [-0.3, -0.25) is 0 Å². The Hall–Kier alpha value is -2.36. The van der Waals surface area contributed by atoms with E-state index < -0.39 is 11.7 Å². The number of methoxy groups -OCH3 is 2. The van der Waals surface area contributed by atoms with E-state index in [-0.39, 0.29) is 0 Å². The number of carbonyl (C=O) groups excluding carboxylic acids is 1. The maximum absolute atomic E-state index is 13.9. The molecule has 2 aromatic carbocycles. The first-order valence-electron chi connectivity index (χ1n) is 6.12. The zero-order valence-electron chi connectivity index (χ0n) is 11.3. The lowest BCUT2D eigenvalue weighted by Crippen LogP contribution is -2.05. The van der Waals surface area contributed by atoms with Crippen molar-refractivity contribution < 1.29 is 18.7 Å². The molecule has 0 bridgehead atoms. The van der Waals surface area contributed by atoms with Crippen molar-refractivity contribution in [2.75, 3.05) is 14.2 Å². The highest BCUT2D eigenvalue weighted by Gasteiger charge is 2.18. The molecule has 0 radical (unpaired) electrons. The Kier molecular flexibility index (Phi) is 4.35. The Bertz CT molecular complexity index is 588. The van der Waals surface area contributed by atoms with E-state index in [4.69, 9.17) is 9.47 Å². The van der Waals surface area contributed by atoms with Crippen LogP contribution in [0.25, 0.3) is 0 Å². The Morgan fingerprint density at radius 1 is 1.05 bits per heavy atom. The third kappa shape index (κ3) is 2.79. The molecular weight excluding hydrogens is 259 g/mol. The average molecular weight is 274 g/mol. The summed E-state index contributed by atoms with van der Waals surface area (Å²) in [5.41, 5.74) is 0.958. The zero-order chi connectivity index (χ0) is 14.5. The third-order valence-electron chi connectivity index (χ3n) is 3.11. The van der Waals surface area contributed by atoms with Crippen LogP contribution in [-0.2, 0) is 4.79 Å². The minimum Gasteiger partial charge on any atom is -0.497 e. The van der Waals surface area contributed by atoms with E-state index in [1.807, 2.05) is 0 Å². The van der Waals surface area contributed by atoms with Crippen molar-refractivity contribution in [3.8, 4) is 11.5 Å². The summed E-state index contributed by atoms with van der Waals surface area (Å²) in [6.45, 7) is 0. The van der Waals surface area contributed by atoms with Crippen molar-refractivity contribution in [1.29, 1.82) is 0 Å². The van der Waals surface area contributed by atoms with Crippen LogP contribution in [0.5, 0.6) is 11.5 Å². The fourth-order valence-electron chi connectivity index (χ4n) is 2.07. The van der Waals surface area contributed by atoms with Gasteiger partial charge < -0.3 is 14.3 Å². The lowest BCUT2D eigenvalue weighted by Gasteiger charge is -2.14. The molecule has 0 saturated carbocycles. The number of aldehydes is 1. The van der Waals surface area contributed by atoms with Crippen LogP contribution in [-0.4, -0.2) is 20.5 Å². The molecule has 1 unspecified atom stereocenters. The molecule has 3 nitrogen and oxygen atoms in total. The number of ether oxygens (including phenoxy) is 2. The molecule has 4 heteroatoms. The second-order valence-corrected chi connectivity index (χ2v) is 4.28. The first-order valence-corrected chi connectivity index (χ1v) is 6.12. The molecule has 0 N–H and O–H groups in total. The van der Waals surface area contributed by atoms with Gasteiger partial charge in [0.05, 0.1) is 20.1 Å². The third-order valence-corrected chi connectivity index (χ3v) is 3.11. The summed E-state index contributed by atoms with van der Waals surface area (Å²) >= 11 is 0. The van der Waals surface area contributed by atoms with Gasteiger partial charge in [0.1, 0.15) is 23.6 Å². The quantitative estimate of drug-likeness (QED) is 0.786. The topological polar surface area (TPSA) is 35.5 Å². The van der Waals surface area contributed by atoms with Crippen LogP contribution >= 0.6 is 0 Å². The van der Waals surface area contributed by atoms with Crippen LogP contribution in [0.4, 0.5) is 4.39 Å². The van der Waals surface area contributed by atoms with Gasteiger partial charge >= 0.3 is 0 Å². The van der Waals surface area contributed by atoms with E-state index in [0.717, 1.165) is 0 Å². The number of rotatable bonds is 5. The van der Waals surface area contributed by atoms with Gasteiger partial charge in [0, 0.05) is 11.6 Å². The number of halogens is 1. The number of hydrogen-bond acceptors (Lipinski definition) is 3. The van der Waals surface area contributed by atoms with Crippen molar-refractivity contribution in [1.82, 2.24) is 0 Å². The molecule has 0 fully saturated rings. The molecule has 2 rings (SSSR count). The summed E-state index contributed by atoms with van der Waals surface area (Å²) < 4.78 is 24.2. The predicted molar refractivity (Wildman–Crippen MR) is 73.9 cm³/mol. The second kappa shape index (κ2) is 6.19. The van der Waals surface area contributed by atoms with Crippen molar-refractivity contribution in [2.24, 2.45) is 0 Å². The maximum Gasteiger partial charge on any atom is 0.131 e. The summed E-state index contributed by atoms with van der Waals surface area (Å²) in [4.78, 5) is 11.4. The van der Waals surface area contributed by atoms with Crippen molar-refractivity contribution in [2.45, 2.75) is 5.92 Å². The molecule has 104 valence electrons. The lowest BCUT2D eigenvalue weighted by atomic mass is 9.92. The van der Waals surface area contributed by atoms with Crippen LogP contribution < -0.4 is 9.47 Å². The molecule has 20 heavy (non-hydrogen) atoms. The monoisotopic (exact) mass is 274 g/mol. The van der Waals surface area contributed by atoms with E-state index in [1.165, 1.54) is 20.3 Å². The Morgan fingerprint density at radius 2 is 1.65 bits per heavy atom. The van der Waals surface area contributed by atoms with Crippen molar-refractivity contribution >= 4 is 6.29 Å². The van der Waals surface area contributed by atoms with E-state index in [0.29, 0.717) is 28.9 Å². The first-order chi connectivity index (χ1) is 9.69. The smallest absolute Gasteiger partial charge is 0.131 e. The van der Waals surface area contributed by atoms with Gasteiger partial charge in [-0.15, -0.1) is 0 Å². The SMILES string of the molecule is COc1cc(OC)cc(C(C=O)c2ccccc2F)c1. The molecule has 0 amide bonds. The van der Waals surface area contributed by atoms with E-state index in [2.05, 4.69) is 0 Å². The molecule has 2 aromatic rings. The van der Waals surface area contributed by atoms with E-state index in [1.54, 1.807) is 36.4 Å². The molecule has 0 aromatic heterocycles. The molecule has 0 heterocycles. The Balaban J connectivity index is 2.52. The highest BCUT2D eigenvalue weighted by atomic mass is 19.1. The van der Waals surface area contributed by atoms with Crippen LogP contribution in [0, 0.1) is 5.82 Å². The molecule has 1 atom stereocenters. The first kappa shape index (κ1) is 14.1. The molecule has 0 spiro atoms. The summed E-state index contributed by atoms with van der Waals surface area (Å²) in [6, 6.07) is 11.3. The lowest BCUT2D eigenvalue weighted by molar-refractivity contribution is -0.108. The van der Waals surface area contributed by atoms with Gasteiger partial charge in [-0.25, -0.2) is 4.39 Å². The van der Waals surface area contributed by atoms with Gasteiger partial charge in [-0.1, -0.05) is 18.2 Å². The molecule has 0 aliphatic carbocycles. The van der Waals surface area contributed by atoms with Gasteiger partial charge in [-0.05, 0) is 23.8 Å².